The van der Waals surface area contributed by atoms with Crippen molar-refractivity contribution in [3.63, 3.8) is 0 Å². The third kappa shape index (κ3) is 3.54. The Kier molecular flexibility index (Phi) is 5.26. The molecule has 2 aromatic heterocycles. The summed E-state index contributed by atoms with van der Waals surface area (Å²) in [6.45, 7) is 0. The molecule has 1 aromatic carbocycles. The fourth-order valence-electron chi connectivity index (χ4n) is 4.18. The van der Waals surface area contributed by atoms with E-state index in [0.717, 1.165) is 60.2 Å². The highest BCUT2D eigenvalue weighted by Crippen LogP contribution is 2.37. The van der Waals surface area contributed by atoms with E-state index in [9.17, 15) is 4.79 Å². The summed E-state index contributed by atoms with van der Waals surface area (Å²) in [5.41, 5.74) is 14.4. The van der Waals surface area contributed by atoms with Crippen molar-refractivity contribution in [3.05, 3.63) is 35.8 Å². The highest BCUT2D eigenvalue weighted by atomic mass is 16.5. The molecule has 1 amide bonds. The van der Waals surface area contributed by atoms with E-state index in [4.69, 9.17) is 26.6 Å². The number of aliphatic imine (C=N–C) groups is 1. The fourth-order valence-corrected chi connectivity index (χ4v) is 4.18. The molecule has 1 aliphatic carbocycles. The third-order valence-corrected chi connectivity index (χ3v) is 5.79. The van der Waals surface area contributed by atoms with E-state index in [2.05, 4.69) is 15.0 Å². The Morgan fingerprint density at radius 2 is 2.03 bits per heavy atom. The maximum absolute atomic E-state index is 11.5. The van der Waals surface area contributed by atoms with Crippen LogP contribution in [-0.2, 0) is 4.79 Å². The molecule has 9 nitrogen and oxygen atoms in total. The first kappa shape index (κ1) is 19.7. The van der Waals surface area contributed by atoms with Gasteiger partial charge >= 0.3 is 0 Å². The summed E-state index contributed by atoms with van der Waals surface area (Å²) < 4.78 is 5.45. The Labute approximate surface area is 173 Å². The number of fused-ring (bicyclic) bond motifs is 1. The normalized spacial score (nSPS) is 19.7. The summed E-state index contributed by atoms with van der Waals surface area (Å²) in [6.07, 6.45) is 4.05. The number of amidine groups is 1. The zero-order valence-corrected chi connectivity index (χ0v) is 16.7. The standard InChI is InChI=1S/C21H25N7O2/c1-30-15-4-2-3-13-9-14(26-16(13)15)17-18(19(23)25-10-22)28-21(27-17)12-7-5-11(6-8-12)20(24)29/h2-4,9-12,26H,5-8H2,1H3,(H2,24,29)(H,27,28)(H3,22,23,25)/t11-,12-. The van der Waals surface area contributed by atoms with Gasteiger partial charge in [0.05, 0.1) is 18.3 Å². The molecular formula is C21H25N7O2. The number of benzene rings is 1. The Morgan fingerprint density at radius 1 is 1.27 bits per heavy atom. The van der Waals surface area contributed by atoms with Crippen LogP contribution in [0.3, 0.4) is 0 Å². The predicted molar refractivity (Wildman–Crippen MR) is 116 cm³/mol. The van der Waals surface area contributed by atoms with Crippen LogP contribution in [0.25, 0.3) is 22.3 Å². The number of H-pyrrole nitrogens is 2. The number of aromatic nitrogens is 3. The summed E-state index contributed by atoms with van der Waals surface area (Å²) in [5, 5.41) is 8.26. The first-order valence-corrected chi connectivity index (χ1v) is 9.89. The molecule has 7 N–H and O–H groups in total. The predicted octanol–water partition coefficient (Wildman–Crippen LogP) is 2.64. The largest absolute Gasteiger partial charge is 0.495 e. The van der Waals surface area contributed by atoms with E-state index >= 15 is 0 Å². The molecule has 0 aliphatic heterocycles. The molecule has 2 heterocycles. The van der Waals surface area contributed by atoms with E-state index in [1.54, 1.807) is 7.11 Å². The number of para-hydroxylation sites is 1. The van der Waals surface area contributed by atoms with Gasteiger partial charge < -0.3 is 26.2 Å². The maximum atomic E-state index is 11.5. The molecular weight excluding hydrogens is 382 g/mol. The van der Waals surface area contributed by atoms with Crippen molar-refractivity contribution >= 4 is 29.0 Å². The number of imidazole rings is 1. The molecule has 3 aromatic rings. The fraction of sp³-hybridized carbons (Fsp3) is 0.333. The molecule has 1 saturated carbocycles. The van der Waals surface area contributed by atoms with Crippen molar-refractivity contribution < 1.29 is 9.53 Å². The molecule has 0 bridgehead atoms. The van der Waals surface area contributed by atoms with Crippen LogP contribution in [0, 0.1) is 11.3 Å². The minimum atomic E-state index is -0.233. The number of nitrogens with one attached hydrogen (secondary N) is 3. The van der Waals surface area contributed by atoms with Gasteiger partial charge in [0, 0.05) is 17.2 Å². The topological polar surface area (TPSA) is 159 Å². The number of primary amides is 1. The molecule has 1 fully saturated rings. The number of hydrogen-bond donors (Lipinski definition) is 5. The SMILES string of the molecule is COc1cccc2cc(-c3nc([C@H]4CC[C@H](C(N)=O)CC4)[nH]c3/C(N)=N\C=N)[nH]c12. The number of hydrogen-bond acceptors (Lipinski definition) is 4. The van der Waals surface area contributed by atoms with Crippen molar-refractivity contribution in [1.29, 1.82) is 5.41 Å². The van der Waals surface area contributed by atoms with Crippen LogP contribution in [0.5, 0.6) is 5.75 Å². The van der Waals surface area contributed by atoms with Crippen LogP contribution < -0.4 is 16.2 Å². The third-order valence-electron chi connectivity index (χ3n) is 5.79. The molecule has 0 spiro atoms. The monoisotopic (exact) mass is 407 g/mol. The van der Waals surface area contributed by atoms with Gasteiger partial charge in [0.25, 0.3) is 0 Å². The van der Waals surface area contributed by atoms with Crippen LogP contribution in [0.1, 0.15) is 43.1 Å². The Balaban J connectivity index is 1.75. The second-order valence-electron chi connectivity index (χ2n) is 7.55. The average molecular weight is 407 g/mol. The van der Waals surface area contributed by atoms with E-state index in [1.807, 2.05) is 24.3 Å². The Bertz CT molecular complexity index is 1120. The van der Waals surface area contributed by atoms with Crippen molar-refractivity contribution in [2.75, 3.05) is 7.11 Å². The second-order valence-corrected chi connectivity index (χ2v) is 7.55. The molecule has 30 heavy (non-hydrogen) atoms. The van der Waals surface area contributed by atoms with Crippen LogP contribution in [0.4, 0.5) is 0 Å². The summed E-state index contributed by atoms with van der Waals surface area (Å²) in [4.78, 5) is 26.9. The van der Waals surface area contributed by atoms with Crippen LogP contribution in [-0.4, -0.2) is 40.1 Å². The Morgan fingerprint density at radius 3 is 2.70 bits per heavy atom. The summed E-state index contributed by atoms with van der Waals surface area (Å²) in [6, 6.07) is 7.80. The lowest BCUT2D eigenvalue weighted by atomic mass is 9.81. The lowest BCUT2D eigenvalue weighted by Gasteiger charge is -2.25. The van der Waals surface area contributed by atoms with E-state index in [0.29, 0.717) is 11.4 Å². The maximum Gasteiger partial charge on any atom is 0.220 e. The molecule has 4 rings (SSSR count). The molecule has 0 unspecified atom stereocenters. The number of carbonyl (C=O) groups excluding carboxylic acids is 1. The lowest BCUT2D eigenvalue weighted by Crippen LogP contribution is -2.27. The van der Waals surface area contributed by atoms with Gasteiger partial charge in [-0.15, -0.1) is 0 Å². The van der Waals surface area contributed by atoms with Gasteiger partial charge in [-0.25, -0.2) is 9.98 Å². The zero-order valence-electron chi connectivity index (χ0n) is 16.7. The van der Waals surface area contributed by atoms with E-state index in [-0.39, 0.29) is 23.6 Å². The van der Waals surface area contributed by atoms with E-state index < -0.39 is 0 Å². The number of rotatable bonds is 6. The van der Waals surface area contributed by atoms with Crippen LogP contribution in [0.2, 0.25) is 0 Å². The van der Waals surface area contributed by atoms with Gasteiger partial charge in [0.2, 0.25) is 5.91 Å². The summed E-state index contributed by atoms with van der Waals surface area (Å²) in [7, 11) is 1.63. The van der Waals surface area contributed by atoms with Gasteiger partial charge in [-0.2, -0.15) is 0 Å². The minimum Gasteiger partial charge on any atom is -0.495 e. The van der Waals surface area contributed by atoms with Crippen molar-refractivity contribution in [3.8, 4) is 17.1 Å². The highest BCUT2D eigenvalue weighted by molar-refractivity contribution is 6.04. The van der Waals surface area contributed by atoms with Crippen molar-refractivity contribution in [2.24, 2.45) is 22.4 Å². The number of amides is 1. The van der Waals surface area contributed by atoms with Gasteiger partial charge in [0.15, 0.2) is 5.84 Å². The van der Waals surface area contributed by atoms with Gasteiger partial charge in [-0.3, -0.25) is 10.2 Å². The average Bonchev–Trinajstić information content (AvgIpc) is 3.38. The van der Waals surface area contributed by atoms with Gasteiger partial charge in [-0.1, -0.05) is 12.1 Å². The molecule has 0 atom stereocenters. The Hall–Kier alpha value is -3.62. The first-order valence-electron chi connectivity index (χ1n) is 9.89. The first-order chi connectivity index (χ1) is 14.5. The molecule has 9 heteroatoms. The molecule has 1 aliphatic rings. The minimum absolute atomic E-state index is 0.0686. The second kappa shape index (κ2) is 8.02. The number of ether oxygens (including phenoxy) is 1. The summed E-state index contributed by atoms with van der Waals surface area (Å²) in [5.74, 6) is 1.61. The van der Waals surface area contributed by atoms with Gasteiger partial charge in [-0.05, 0) is 37.8 Å². The van der Waals surface area contributed by atoms with Crippen molar-refractivity contribution in [1.82, 2.24) is 15.0 Å². The highest BCUT2D eigenvalue weighted by Gasteiger charge is 2.29. The number of nitrogens with two attached hydrogens (primary N) is 2. The number of methoxy groups -OCH3 is 1. The lowest BCUT2D eigenvalue weighted by molar-refractivity contribution is -0.122. The van der Waals surface area contributed by atoms with Crippen LogP contribution in [0.15, 0.2) is 29.3 Å². The number of carbonyl (C=O) groups is 1. The smallest absolute Gasteiger partial charge is 0.220 e. The van der Waals surface area contributed by atoms with E-state index in [1.165, 1.54) is 0 Å². The van der Waals surface area contributed by atoms with Crippen LogP contribution >= 0.6 is 0 Å². The molecule has 0 saturated heterocycles. The number of aromatic amines is 2. The number of nitrogens with zero attached hydrogens (tertiary/aromatic N) is 2. The van der Waals surface area contributed by atoms with Crippen molar-refractivity contribution in [2.45, 2.75) is 31.6 Å². The summed E-state index contributed by atoms with van der Waals surface area (Å²) >= 11 is 0. The zero-order chi connectivity index (χ0) is 21.3. The quantitative estimate of drug-likeness (QED) is 0.314. The molecule has 0 radical (unpaired) electrons. The van der Waals surface area contributed by atoms with Gasteiger partial charge in [0.1, 0.15) is 29.3 Å². The molecule has 156 valence electrons.